The van der Waals surface area contributed by atoms with E-state index in [4.69, 9.17) is 4.74 Å². The van der Waals surface area contributed by atoms with Crippen molar-refractivity contribution in [2.24, 2.45) is 23.2 Å². The normalized spacial score (nSPS) is 27.8. The van der Waals surface area contributed by atoms with Gasteiger partial charge < -0.3 is 4.74 Å². The van der Waals surface area contributed by atoms with Crippen LogP contribution in [-0.2, 0) is 9.53 Å². The highest BCUT2D eigenvalue weighted by atomic mass is 32.2. The molecule has 0 heterocycles. The lowest BCUT2D eigenvalue weighted by Gasteiger charge is -2.55. The van der Waals surface area contributed by atoms with Crippen molar-refractivity contribution in [3.63, 3.8) is 0 Å². The van der Waals surface area contributed by atoms with Gasteiger partial charge in [-0.3, -0.25) is 14.9 Å². The Hall–Kier alpha value is -2.67. The number of nitro groups is 1. The summed E-state index contributed by atoms with van der Waals surface area (Å²) in [5.41, 5.74) is -0.384. The molecule has 0 aromatic heterocycles. The summed E-state index contributed by atoms with van der Waals surface area (Å²) in [5, 5.41) is 11.6. The Kier molecular flexibility index (Phi) is 5.53. The molecule has 4 bridgehead atoms. The van der Waals surface area contributed by atoms with Crippen LogP contribution in [0.1, 0.15) is 48.9 Å². The third-order valence-electron chi connectivity index (χ3n) is 7.33. The fourth-order valence-corrected chi connectivity index (χ4v) is 7.23. The number of nitrogens with zero attached hydrogens (tertiary/aromatic N) is 1. The predicted molar refractivity (Wildman–Crippen MR) is 120 cm³/mol. The Labute approximate surface area is 190 Å². The highest BCUT2D eigenvalue weighted by Gasteiger charge is 2.54. The first-order valence-electron chi connectivity index (χ1n) is 11.1. The van der Waals surface area contributed by atoms with Crippen LogP contribution in [0.2, 0.25) is 0 Å². The number of hydrogen-bond donors (Lipinski definition) is 0. The second-order valence-electron chi connectivity index (χ2n) is 9.55. The average Bonchev–Trinajstić information content (AvgIpc) is 2.77. The van der Waals surface area contributed by atoms with Gasteiger partial charge in [-0.15, -0.1) is 0 Å². The molecular formula is C25H25NO5S. The van der Waals surface area contributed by atoms with Gasteiger partial charge >= 0.3 is 5.97 Å². The number of benzene rings is 2. The van der Waals surface area contributed by atoms with Gasteiger partial charge in [0.2, 0.25) is 0 Å². The van der Waals surface area contributed by atoms with E-state index in [0.717, 1.165) is 24.2 Å². The third kappa shape index (κ3) is 4.06. The van der Waals surface area contributed by atoms with Crippen molar-refractivity contribution >= 4 is 29.2 Å². The van der Waals surface area contributed by atoms with E-state index in [2.05, 4.69) is 0 Å². The average molecular weight is 452 g/mol. The number of hydrogen-bond acceptors (Lipinski definition) is 6. The SMILES string of the molecule is O=C(OCC(=O)C12CC3CC(CC(C3)C1)C2)c1ccc(Sc2ccccc2)c([N+](=O)[O-])c1. The Morgan fingerprint density at radius 1 is 1.00 bits per heavy atom. The quantitative estimate of drug-likeness (QED) is 0.305. The first-order chi connectivity index (χ1) is 15.4. The van der Waals surface area contributed by atoms with Crippen LogP contribution in [0.3, 0.4) is 0 Å². The molecule has 0 saturated heterocycles. The molecule has 4 aliphatic carbocycles. The number of nitro benzene ring substituents is 1. The Balaban J connectivity index is 1.27. The molecule has 2 aromatic rings. The summed E-state index contributed by atoms with van der Waals surface area (Å²) < 4.78 is 5.35. The van der Waals surface area contributed by atoms with Crippen molar-refractivity contribution in [2.75, 3.05) is 6.61 Å². The van der Waals surface area contributed by atoms with Crippen LogP contribution in [0.25, 0.3) is 0 Å². The van der Waals surface area contributed by atoms with Gasteiger partial charge in [0.05, 0.1) is 15.4 Å². The van der Waals surface area contributed by atoms with E-state index in [-0.39, 0.29) is 29.1 Å². The summed E-state index contributed by atoms with van der Waals surface area (Å²) >= 11 is 1.27. The number of carbonyl (C=O) groups is 2. The minimum Gasteiger partial charge on any atom is -0.454 e. The summed E-state index contributed by atoms with van der Waals surface area (Å²) in [6, 6.07) is 13.7. The molecule has 4 fully saturated rings. The first kappa shape index (κ1) is 21.2. The van der Waals surface area contributed by atoms with E-state index < -0.39 is 10.9 Å². The van der Waals surface area contributed by atoms with Crippen LogP contribution in [0.5, 0.6) is 0 Å². The molecule has 4 aliphatic rings. The Morgan fingerprint density at radius 2 is 1.62 bits per heavy atom. The van der Waals surface area contributed by atoms with Gasteiger partial charge in [0.25, 0.3) is 5.69 Å². The second-order valence-corrected chi connectivity index (χ2v) is 10.7. The molecule has 2 aromatic carbocycles. The van der Waals surface area contributed by atoms with Gasteiger partial charge in [-0.25, -0.2) is 4.79 Å². The Morgan fingerprint density at radius 3 is 2.22 bits per heavy atom. The van der Waals surface area contributed by atoms with Gasteiger partial charge in [0.15, 0.2) is 12.4 Å². The molecule has 0 N–H and O–H groups in total. The van der Waals surface area contributed by atoms with E-state index in [0.29, 0.717) is 22.6 Å². The van der Waals surface area contributed by atoms with Crippen molar-refractivity contribution in [3.8, 4) is 0 Å². The molecule has 6 rings (SSSR count). The van der Waals surface area contributed by atoms with Crippen LogP contribution in [0.15, 0.2) is 58.3 Å². The zero-order chi connectivity index (χ0) is 22.3. The molecule has 6 nitrogen and oxygen atoms in total. The predicted octanol–water partition coefficient (Wildman–Crippen LogP) is 5.69. The second kappa shape index (κ2) is 8.35. The van der Waals surface area contributed by atoms with Crippen LogP contribution in [-0.4, -0.2) is 23.3 Å². The molecule has 0 spiro atoms. The Bertz CT molecular complexity index is 1030. The molecule has 0 aliphatic heterocycles. The lowest BCUT2D eigenvalue weighted by atomic mass is 9.48. The lowest BCUT2D eigenvalue weighted by molar-refractivity contribution is -0.387. The minimum atomic E-state index is -0.692. The fraction of sp³-hybridized carbons (Fsp3) is 0.440. The zero-order valence-corrected chi connectivity index (χ0v) is 18.5. The third-order valence-corrected chi connectivity index (χ3v) is 8.40. The molecule has 0 radical (unpaired) electrons. The number of ketones is 1. The lowest BCUT2D eigenvalue weighted by Crippen LogP contribution is -2.51. The van der Waals surface area contributed by atoms with E-state index in [9.17, 15) is 19.7 Å². The monoisotopic (exact) mass is 451 g/mol. The van der Waals surface area contributed by atoms with Crippen molar-refractivity contribution in [2.45, 2.75) is 48.3 Å². The smallest absolute Gasteiger partial charge is 0.338 e. The van der Waals surface area contributed by atoms with E-state index in [1.54, 1.807) is 6.07 Å². The summed E-state index contributed by atoms with van der Waals surface area (Å²) in [6.07, 6.45) is 6.49. The van der Waals surface area contributed by atoms with Gasteiger partial charge in [-0.2, -0.15) is 0 Å². The largest absolute Gasteiger partial charge is 0.454 e. The topological polar surface area (TPSA) is 86.5 Å². The first-order valence-corrected chi connectivity index (χ1v) is 12.0. The maximum atomic E-state index is 13.1. The van der Waals surface area contributed by atoms with E-state index in [1.165, 1.54) is 43.2 Å². The van der Waals surface area contributed by atoms with Gasteiger partial charge in [0.1, 0.15) is 0 Å². The number of carbonyl (C=O) groups excluding carboxylic acids is 2. The van der Waals surface area contributed by atoms with Crippen LogP contribution in [0, 0.1) is 33.3 Å². The van der Waals surface area contributed by atoms with Crippen LogP contribution >= 0.6 is 11.8 Å². The standard InChI is InChI=1S/C25H25NO5S/c27-23(25-12-16-8-17(13-25)10-18(9-16)14-25)15-31-24(28)19-6-7-22(21(11-19)26(29)30)32-20-4-2-1-3-5-20/h1-7,11,16-18H,8-10,12-15H2. The summed E-state index contributed by atoms with van der Waals surface area (Å²) in [7, 11) is 0. The van der Waals surface area contributed by atoms with Gasteiger partial charge in [-0.05, 0) is 80.5 Å². The van der Waals surface area contributed by atoms with Crippen molar-refractivity contribution in [1.82, 2.24) is 0 Å². The molecule has 32 heavy (non-hydrogen) atoms. The molecule has 0 amide bonds. The number of esters is 1. The molecule has 0 atom stereocenters. The number of Topliss-reactive ketones (excluding diaryl/α,β-unsaturated/α-hetero) is 1. The van der Waals surface area contributed by atoms with Crippen molar-refractivity contribution in [3.05, 3.63) is 64.2 Å². The van der Waals surface area contributed by atoms with Gasteiger partial charge in [-0.1, -0.05) is 30.0 Å². The molecule has 166 valence electrons. The highest BCUT2D eigenvalue weighted by Crippen LogP contribution is 2.60. The maximum absolute atomic E-state index is 13.1. The van der Waals surface area contributed by atoms with Gasteiger partial charge in [0, 0.05) is 16.4 Å². The summed E-state index contributed by atoms with van der Waals surface area (Å²) in [6.45, 7) is -0.251. The van der Waals surface area contributed by atoms with Crippen molar-refractivity contribution < 1.29 is 19.2 Å². The van der Waals surface area contributed by atoms with Crippen LogP contribution < -0.4 is 0 Å². The summed E-state index contributed by atoms with van der Waals surface area (Å²) in [5.74, 6) is 1.24. The van der Waals surface area contributed by atoms with Crippen LogP contribution in [0.4, 0.5) is 5.69 Å². The molecular weight excluding hydrogens is 426 g/mol. The fourth-order valence-electron chi connectivity index (χ4n) is 6.31. The minimum absolute atomic E-state index is 0.0238. The maximum Gasteiger partial charge on any atom is 0.338 e. The molecule has 4 saturated carbocycles. The number of rotatable bonds is 7. The van der Waals surface area contributed by atoms with Crippen molar-refractivity contribution in [1.29, 1.82) is 0 Å². The molecule has 7 heteroatoms. The number of ether oxygens (including phenoxy) is 1. The molecule has 0 unspecified atom stereocenters. The van der Waals surface area contributed by atoms with E-state index >= 15 is 0 Å². The zero-order valence-electron chi connectivity index (χ0n) is 17.7. The highest BCUT2D eigenvalue weighted by molar-refractivity contribution is 7.99. The summed E-state index contributed by atoms with van der Waals surface area (Å²) in [4.78, 5) is 38.1. The van der Waals surface area contributed by atoms with E-state index in [1.807, 2.05) is 30.3 Å².